The van der Waals surface area contributed by atoms with Gasteiger partial charge < -0.3 is 14.8 Å². The smallest absolute Gasteiger partial charge is 0.271 e. The van der Waals surface area contributed by atoms with Crippen LogP contribution in [0.2, 0.25) is 0 Å². The molecule has 27 heavy (non-hydrogen) atoms. The molecule has 2 heterocycles. The predicted molar refractivity (Wildman–Crippen MR) is 106 cm³/mol. The molecular weight excluding hydrogens is 338 g/mol. The van der Waals surface area contributed by atoms with Gasteiger partial charge in [-0.3, -0.25) is 9.59 Å². The number of piperazine rings is 1. The van der Waals surface area contributed by atoms with Crippen molar-refractivity contribution in [2.75, 3.05) is 13.1 Å². The molecule has 1 atom stereocenters. The number of aryl methyl sites for hydroxylation is 2. The van der Waals surface area contributed by atoms with Gasteiger partial charge in [0, 0.05) is 37.5 Å². The van der Waals surface area contributed by atoms with Crippen LogP contribution in [0.25, 0.3) is 10.9 Å². The van der Waals surface area contributed by atoms with Crippen molar-refractivity contribution in [3.05, 3.63) is 71.4 Å². The normalized spacial score (nSPS) is 17.2. The molecule has 1 saturated heterocycles. The fraction of sp³-hybridized carbons (Fsp3) is 0.273. The minimum Gasteiger partial charge on any atom is -0.353 e. The van der Waals surface area contributed by atoms with Gasteiger partial charge in [-0.2, -0.15) is 0 Å². The zero-order chi connectivity index (χ0) is 19.0. The number of benzene rings is 2. The number of hydrogen-bond donors (Lipinski definition) is 1. The van der Waals surface area contributed by atoms with E-state index in [-0.39, 0.29) is 11.8 Å². The van der Waals surface area contributed by atoms with Crippen LogP contribution >= 0.6 is 0 Å². The SMILES string of the molecule is Cc1ccc2c(c1)cc(C(=O)N1CCNC(=O)[C@@H]1Cc1ccccc1)n2C. The van der Waals surface area contributed by atoms with E-state index in [1.54, 1.807) is 4.90 Å². The van der Waals surface area contributed by atoms with Crippen molar-refractivity contribution in [3.8, 4) is 0 Å². The molecule has 1 aromatic heterocycles. The number of nitrogens with one attached hydrogen (secondary N) is 1. The summed E-state index contributed by atoms with van der Waals surface area (Å²) >= 11 is 0. The van der Waals surface area contributed by atoms with Gasteiger partial charge in [0.25, 0.3) is 5.91 Å². The number of aromatic nitrogens is 1. The lowest BCUT2D eigenvalue weighted by molar-refractivity contribution is -0.127. The molecule has 5 heteroatoms. The molecule has 1 N–H and O–H groups in total. The molecule has 0 unspecified atom stereocenters. The van der Waals surface area contributed by atoms with E-state index in [0.29, 0.717) is 25.2 Å². The summed E-state index contributed by atoms with van der Waals surface area (Å²) in [6.45, 7) is 3.04. The van der Waals surface area contributed by atoms with Crippen LogP contribution in [-0.4, -0.2) is 40.4 Å². The Hall–Kier alpha value is -3.08. The Kier molecular flexibility index (Phi) is 4.44. The molecule has 138 valence electrons. The van der Waals surface area contributed by atoms with Crippen molar-refractivity contribution < 1.29 is 9.59 Å². The second kappa shape index (κ2) is 6.91. The largest absolute Gasteiger partial charge is 0.353 e. The Balaban J connectivity index is 1.68. The number of rotatable bonds is 3. The van der Waals surface area contributed by atoms with E-state index < -0.39 is 6.04 Å². The van der Waals surface area contributed by atoms with E-state index in [1.165, 1.54) is 0 Å². The first-order valence-corrected chi connectivity index (χ1v) is 9.23. The minimum atomic E-state index is -0.492. The predicted octanol–water partition coefficient (Wildman–Crippen LogP) is 2.67. The molecule has 1 fully saturated rings. The number of carbonyl (C=O) groups excluding carboxylic acids is 2. The van der Waals surface area contributed by atoms with E-state index in [0.717, 1.165) is 22.0 Å². The lowest BCUT2D eigenvalue weighted by Crippen LogP contribution is -2.58. The van der Waals surface area contributed by atoms with E-state index in [9.17, 15) is 9.59 Å². The van der Waals surface area contributed by atoms with Gasteiger partial charge in [0.15, 0.2) is 0 Å². The monoisotopic (exact) mass is 361 g/mol. The van der Waals surface area contributed by atoms with E-state index in [2.05, 4.69) is 11.4 Å². The van der Waals surface area contributed by atoms with Crippen LogP contribution in [0.15, 0.2) is 54.6 Å². The topological polar surface area (TPSA) is 54.3 Å². The van der Waals surface area contributed by atoms with E-state index in [4.69, 9.17) is 0 Å². The van der Waals surface area contributed by atoms with Crippen LogP contribution < -0.4 is 5.32 Å². The molecule has 0 aliphatic carbocycles. The summed E-state index contributed by atoms with van der Waals surface area (Å²) in [6, 6.07) is 17.4. The molecule has 3 aromatic rings. The highest BCUT2D eigenvalue weighted by molar-refractivity contribution is 6.01. The molecule has 0 bridgehead atoms. The van der Waals surface area contributed by atoms with Crippen molar-refractivity contribution in [2.45, 2.75) is 19.4 Å². The van der Waals surface area contributed by atoms with Gasteiger partial charge in [0.1, 0.15) is 11.7 Å². The minimum absolute atomic E-state index is 0.0898. The molecule has 5 nitrogen and oxygen atoms in total. The van der Waals surface area contributed by atoms with Gasteiger partial charge in [-0.1, -0.05) is 42.0 Å². The van der Waals surface area contributed by atoms with Crippen LogP contribution in [0.5, 0.6) is 0 Å². The van der Waals surface area contributed by atoms with Gasteiger partial charge >= 0.3 is 0 Å². The lowest BCUT2D eigenvalue weighted by atomic mass is 10.0. The molecular formula is C22H23N3O2. The summed E-state index contributed by atoms with van der Waals surface area (Å²) < 4.78 is 1.92. The Morgan fingerprint density at radius 3 is 2.70 bits per heavy atom. The lowest BCUT2D eigenvalue weighted by Gasteiger charge is -2.35. The first-order valence-electron chi connectivity index (χ1n) is 9.23. The third kappa shape index (κ3) is 3.21. The number of amides is 2. The van der Waals surface area contributed by atoms with E-state index >= 15 is 0 Å². The van der Waals surface area contributed by atoms with Crippen molar-refractivity contribution in [2.24, 2.45) is 7.05 Å². The summed E-state index contributed by atoms with van der Waals surface area (Å²) in [4.78, 5) is 27.6. The highest BCUT2D eigenvalue weighted by atomic mass is 16.2. The molecule has 0 spiro atoms. The summed E-state index contributed by atoms with van der Waals surface area (Å²) in [6.07, 6.45) is 0.515. The first kappa shape index (κ1) is 17.3. The standard InChI is InChI=1S/C22H23N3O2/c1-15-8-9-18-17(12-15)14-20(24(18)2)22(27)25-11-10-23-21(26)19(25)13-16-6-4-3-5-7-16/h3-9,12,14,19H,10-11,13H2,1-2H3,(H,23,26)/t19-/m0/s1. The molecule has 0 radical (unpaired) electrons. The maximum atomic E-state index is 13.3. The Morgan fingerprint density at radius 1 is 1.15 bits per heavy atom. The molecule has 2 aromatic carbocycles. The highest BCUT2D eigenvalue weighted by Crippen LogP contribution is 2.23. The summed E-state index contributed by atoms with van der Waals surface area (Å²) in [5.74, 6) is -0.185. The summed E-state index contributed by atoms with van der Waals surface area (Å²) in [5.41, 5.74) is 3.84. The average molecular weight is 361 g/mol. The molecule has 0 saturated carbocycles. The molecule has 1 aliphatic heterocycles. The van der Waals surface area contributed by atoms with E-state index in [1.807, 2.05) is 67.1 Å². The first-order chi connectivity index (χ1) is 13.0. The number of carbonyl (C=O) groups is 2. The number of hydrogen-bond acceptors (Lipinski definition) is 2. The van der Waals surface area contributed by atoms with Crippen LogP contribution in [0.4, 0.5) is 0 Å². The fourth-order valence-electron chi connectivity index (χ4n) is 3.82. The number of nitrogens with zero attached hydrogens (tertiary/aromatic N) is 2. The van der Waals surface area contributed by atoms with Crippen molar-refractivity contribution in [1.29, 1.82) is 0 Å². The zero-order valence-corrected chi connectivity index (χ0v) is 15.6. The Morgan fingerprint density at radius 2 is 1.93 bits per heavy atom. The Bertz CT molecular complexity index is 1010. The molecule has 1 aliphatic rings. The average Bonchev–Trinajstić information content (AvgIpc) is 2.99. The summed E-state index contributed by atoms with van der Waals surface area (Å²) in [5, 5.41) is 3.94. The Labute approximate surface area is 158 Å². The number of fused-ring (bicyclic) bond motifs is 1. The van der Waals surface area contributed by atoms with Crippen LogP contribution in [-0.2, 0) is 18.3 Å². The maximum absolute atomic E-state index is 13.3. The van der Waals surface area contributed by atoms with Crippen LogP contribution in [0.1, 0.15) is 21.6 Å². The zero-order valence-electron chi connectivity index (χ0n) is 15.6. The third-order valence-electron chi connectivity index (χ3n) is 5.28. The summed E-state index contributed by atoms with van der Waals surface area (Å²) in [7, 11) is 1.90. The van der Waals surface area contributed by atoms with Gasteiger partial charge in [-0.15, -0.1) is 0 Å². The van der Waals surface area contributed by atoms with Gasteiger partial charge in [-0.25, -0.2) is 0 Å². The van der Waals surface area contributed by atoms with Crippen LogP contribution in [0.3, 0.4) is 0 Å². The van der Waals surface area contributed by atoms with Gasteiger partial charge in [0.05, 0.1) is 0 Å². The quantitative estimate of drug-likeness (QED) is 0.780. The van der Waals surface area contributed by atoms with Crippen molar-refractivity contribution in [3.63, 3.8) is 0 Å². The molecule has 2 amide bonds. The fourth-order valence-corrected chi connectivity index (χ4v) is 3.82. The van der Waals surface area contributed by atoms with Crippen molar-refractivity contribution in [1.82, 2.24) is 14.8 Å². The maximum Gasteiger partial charge on any atom is 0.271 e. The van der Waals surface area contributed by atoms with Crippen LogP contribution in [0, 0.1) is 6.92 Å². The van der Waals surface area contributed by atoms with Gasteiger partial charge in [-0.05, 0) is 30.7 Å². The van der Waals surface area contributed by atoms with Gasteiger partial charge in [0.2, 0.25) is 5.91 Å². The van der Waals surface area contributed by atoms with Crippen molar-refractivity contribution >= 4 is 22.7 Å². The third-order valence-corrected chi connectivity index (χ3v) is 5.28. The highest BCUT2D eigenvalue weighted by Gasteiger charge is 2.34. The second-order valence-electron chi connectivity index (χ2n) is 7.15. The molecule has 4 rings (SSSR count). The second-order valence-corrected chi connectivity index (χ2v) is 7.15.